The van der Waals surface area contributed by atoms with Gasteiger partial charge >= 0.3 is 0 Å². The van der Waals surface area contributed by atoms with Gasteiger partial charge in [-0.15, -0.1) is 0 Å². The molecule has 3 aromatic rings. The summed E-state index contributed by atoms with van der Waals surface area (Å²) in [6, 6.07) is 12.9. The van der Waals surface area contributed by atoms with Crippen LogP contribution in [-0.2, 0) is 26.0 Å². The summed E-state index contributed by atoms with van der Waals surface area (Å²) >= 11 is 12.2. The maximum Gasteiger partial charge on any atom is 0.266 e. The van der Waals surface area contributed by atoms with Gasteiger partial charge in [0, 0.05) is 24.0 Å². The third kappa shape index (κ3) is 5.01. The fourth-order valence-corrected chi connectivity index (χ4v) is 6.03. The first-order chi connectivity index (χ1) is 16.3. The molecule has 1 aromatic heterocycles. The Labute approximate surface area is 206 Å². The van der Waals surface area contributed by atoms with E-state index in [-0.39, 0.29) is 27.0 Å². The molecule has 2 N–H and O–H groups in total. The van der Waals surface area contributed by atoms with E-state index in [4.69, 9.17) is 23.2 Å². The van der Waals surface area contributed by atoms with Crippen molar-refractivity contribution in [2.75, 3.05) is 16.2 Å². The predicted octanol–water partition coefficient (Wildman–Crippen LogP) is 3.65. The molecule has 0 radical (unpaired) electrons. The molecule has 0 spiro atoms. The molecule has 0 fully saturated rings. The third-order valence-electron chi connectivity index (χ3n) is 5.28. The topological polar surface area (TPSA) is 108 Å². The summed E-state index contributed by atoms with van der Waals surface area (Å²) in [4.78, 5) is 29.4. The molecular formula is C23H20Cl2N4O4S. The van der Waals surface area contributed by atoms with Crippen LogP contribution in [0.3, 0.4) is 0 Å². The van der Waals surface area contributed by atoms with Crippen molar-refractivity contribution < 1.29 is 18.0 Å². The van der Waals surface area contributed by atoms with Crippen molar-refractivity contribution in [3.05, 3.63) is 82.6 Å². The number of anilines is 2. The summed E-state index contributed by atoms with van der Waals surface area (Å²) in [5.74, 6) is -1.09. The maximum atomic E-state index is 13.7. The van der Waals surface area contributed by atoms with Crippen LogP contribution in [0.5, 0.6) is 0 Å². The van der Waals surface area contributed by atoms with Gasteiger partial charge in [-0.2, -0.15) is 0 Å². The van der Waals surface area contributed by atoms with E-state index in [2.05, 4.69) is 15.6 Å². The Hall–Kier alpha value is -3.14. The number of nitrogens with one attached hydrogen (secondary N) is 2. The molecule has 0 aliphatic carbocycles. The van der Waals surface area contributed by atoms with Crippen molar-refractivity contribution in [3.8, 4) is 0 Å². The van der Waals surface area contributed by atoms with Gasteiger partial charge in [0.2, 0.25) is 11.8 Å². The van der Waals surface area contributed by atoms with E-state index in [0.717, 1.165) is 9.87 Å². The number of para-hydroxylation sites is 2. The first kappa shape index (κ1) is 24.0. The van der Waals surface area contributed by atoms with Gasteiger partial charge in [0.25, 0.3) is 10.0 Å². The maximum absolute atomic E-state index is 13.7. The molecule has 4 rings (SSSR count). The van der Waals surface area contributed by atoms with E-state index in [1.807, 2.05) is 12.1 Å². The monoisotopic (exact) mass is 518 g/mol. The smallest absolute Gasteiger partial charge is 0.266 e. The van der Waals surface area contributed by atoms with Crippen LogP contribution in [0.25, 0.3) is 0 Å². The van der Waals surface area contributed by atoms with Gasteiger partial charge in [-0.25, -0.2) is 8.42 Å². The molecular weight excluding hydrogens is 499 g/mol. The molecule has 2 heterocycles. The average Bonchev–Trinajstić information content (AvgIpc) is 2.81. The number of hydrogen-bond donors (Lipinski definition) is 2. The molecule has 176 valence electrons. The molecule has 2 aromatic carbocycles. The molecule has 8 nitrogen and oxygen atoms in total. The van der Waals surface area contributed by atoms with Gasteiger partial charge in [0.1, 0.15) is 10.9 Å². The molecule has 34 heavy (non-hydrogen) atoms. The van der Waals surface area contributed by atoms with Crippen molar-refractivity contribution in [1.29, 1.82) is 0 Å². The number of sulfonamides is 1. The van der Waals surface area contributed by atoms with Crippen molar-refractivity contribution in [3.63, 3.8) is 0 Å². The van der Waals surface area contributed by atoms with E-state index in [1.165, 1.54) is 18.2 Å². The number of nitrogens with zero attached hydrogens (tertiary/aromatic N) is 2. The summed E-state index contributed by atoms with van der Waals surface area (Å²) < 4.78 is 28.4. The summed E-state index contributed by atoms with van der Waals surface area (Å²) in [6.45, 7) is 0.320. The highest BCUT2D eigenvalue weighted by atomic mass is 35.5. The number of amides is 2. The second-order valence-corrected chi connectivity index (χ2v) is 10.2. The largest absolute Gasteiger partial charge is 0.356 e. The van der Waals surface area contributed by atoms with E-state index in [0.29, 0.717) is 18.7 Å². The number of benzene rings is 2. The highest BCUT2D eigenvalue weighted by molar-refractivity contribution is 7.93. The minimum absolute atomic E-state index is 0.0478. The number of carbonyl (C=O) groups excluding carboxylic acids is 2. The molecule has 1 aliphatic heterocycles. The zero-order valence-electron chi connectivity index (χ0n) is 17.7. The predicted molar refractivity (Wildman–Crippen MR) is 131 cm³/mol. The Morgan fingerprint density at radius 3 is 2.59 bits per heavy atom. The highest BCUT2D eigenvalue weighted by Crippen LogP contribution is 2.39. The first-order valence-corrected chi connectivity index (χ1v) is 12.5. The fourth-order valence-electron chi connectivity index (χ4n) is 3.66. The number of halogens is 2. The zero-order chi connectivity index (χ0) is 24.3. The SMILES string of the molecule is O=C(CC1C(=O)Nc2ccccc2N1S(=O)(=O)c1cc(Cl)ccc1Cl)NCCc1ccncc1. The van der Waals surface area contributed by atoms with Crippen LogP contribution >= 0.6 is 23.2 Å². The number of pyridine rings is 1. The van der Waals surface area contributed by atoms with Crippen molar-refractivity contribution >= 4 is 56.4 Å². The quantitative estimate of drug-likeness (QED) is 0.496. The first-order valence-electron chi connectivity index (χ1n) is 10.3. The van der Waals surface area contributed by atoms with Gasteiger partial charge in [-0.1, -0.05) is 35.3 Å². The Bertz CT molecular complexity index is 1340. The molecule has 2 amide bonds. The summed E-state index contributed by atoms with van der Waals surface area (Å²) in [5.41, 5.74) is 1.52. The summed E-state index contributed by atoms with van der Waals surface area (Å²) in [5, 5.41) is 5.55. The Balaban J connectivity index is 1.63. The van der Waals surface area contributed by atoms with Gasteiger partial charge < -0.3 is 10.6 Å². The van der Waals surface area contributed by atoms with Crippen LogP contribution in [0.1, 0.15) is 12.0 Å². The van der Waals surface area contributed by atoms with Crippen LogP contribution in [0.2, 0.25) is 10.0 Å². The average molecular weight is 519 g/mol. The molecule has 1 aliphatic rings. The minimum atomic E-state index is -4.35. The van der Waals surface area contributed by atoms with Crippen molar-refractivity contribution in [1.82, 2.24) is 10.3 Å². The highest BCUT2D eigenvalue weighted by Gasteiger charge is 2.42. The van der Waals surface area contributed by atoms with Crippen molar-refractivity contribution in [2.24, 2.45) is 0 Å². The lowest BCUT2D eigenvalue weighted by molar-refractivity contribution is -0.125. The minimum Gasteiger partial charge on any atom is -0.356 e. The molecule has 0 saturated carbocycles. The summed E-state index contributed by atoms with van der Waals surface area (Å²) in [7, 11) is -4.35. The lowest BCUT2D eigenvalue weighted by Crippen LogP contribution is -2.52. The number of rotatable bonds is 7. The Kier molecular flexibility index (Phi) is 7.06. The Morgan fingerprint density at radius 2 is 1.82 bits per heavy atom. The van der Waals surface area contributed by atoms with E-state index in [9.17, 15) is 18.0 Å². The molecule has 1 unspecified atom stereocenters. The number of hydrogen-bond acceptors (Lipinski definition) is 5. The molecule has 1 atom stereocenters. The van der Waals surface area contributed by atoms with Crippen LogP contribution < -0.4 is 14.9 Å². The van der Waals surface area contributed by atoms with E-state index < -0.39 is 27.9 Å². The van der Waals surface area contributed by atoms with Crippen molar-refractivity contribution in [2.45, 2.75) is 23.8 Å². The molecule has 11 heteroatoms. The number of fused-ring (bicyclic) bond motifs is 1. The van der Waals surface area contributed by atoms with Crippen LogP contribution in [-0.4, -0.2) is 37.8 Å². The second-order valence-electron chi connectivity index (χ2n) is 7.56. The summed E-state index contributed by atoms with van der Waals surface area (Å²) in [6.07, 6.45) is 3.50. The van der Waals surface area contributed by atoms with Crippen LogP contribution in [0.15, 0.2) is 71.9 Å². The van der Waals surface area contributed by atoms with E-state index in [1.54, 1.807) is 36.7 Å². The second kappa shape index (κ2) is 10.0. The van der Waals surface area contributed by atoms with Gasteiger partial charge in [-0.3, -0.25) is 18.9 Å². The molecule has 0 saturated heterocycles. The fraction of sp³-hybridized carbons (Fsp3) is 0.174. The number of aromatic nitrogens is 1. The van der Waals surface area contributed by atoms with Gasteiger partial charge in [0.15, 0.2) is 0 Å². The van der Waals surface area contributed by atoms with Gasteiger partial charge in [0.05, 0.1) is 22.8 Å². The standard InChI is InChI=1S/C23H20Cl2N4O4S/c24-16-5-6-17(25)21(13-16)34(32,33)29-19-4-2-1-3-18(19)28-23(31)20(29)14-22(30)27-12-9-15-7-10-26-11-8-15/h1-8,10-11,13,20H,9,12,14H2,(H,27,30)(H,28,31). The van der Waals surface area contributed by atoms with Crippen LogP contribution in [0.4, 0.5) is 11.4 Å². The van der Waals surface area contributed by atoms with E-state index >= 15 is 0 Å². The van der Waals surface area contributed by atoms with Gasteiger partial charge in [-0.05, 0) is 54.4 Å². The molecule has 0 bridgehead atoms. The lowest BCUT2D eigenvalue weighted by atomic mass is 10.1. The lowest BCUT2D eigenvalue weighted by Gasteiger charge is -2.36. The van der Waals surface area contributed by atoms with Crippen LogP contribution in [0, 0.1) is 0 Å². The Morgan fingerprint density at radius 1 is 1.09 bits per heavy atom. The normalized spacial score (nSPS) is 15.4. The third-order valence-corrected chi connectivity index (χ3v) is 7.82. The number of carbonyl (C=O) groups is 2. The zero-order valence-corrected chi connectivity index (χ0v) is 20.1.